The highest BCUT2D eigenvalue weighted by Gasteiger charge is 2.13. The fraction of sp³-hybridized carbons (Fsp3) is 0.211. The van der Waals surface area contributed by atoms with Gasteiger partial charge in [0.1, 0.15) is 0 Å². The molecule has 3 rings (SSSR count). The SMILES string of the molecule is CS(=O)(=O)Nc1ccccc1C(=O)NCCCn1ccc2ccccc21. The highest BCUT2D eigenvalue weighted by Crippen LogP contribution is 2.17. The molecule has 0 aliphatic carbocycles. The Hall–Kier alpha value is -2.80. The van der Waals surface area contributed by atoms with Crippen molar-refractivity contribution >= 4 is 32.5 Å². The van der Waals surface area contributed by atoms with Crippen molar-refractivity contribution in [2.24, 2.45) is 0 Å². The second-order valence-corrected chi connectivity index (χ2v) is 7.85. The topological polar surface area (TPSA) is 80.2 Å². The first-order chi connectivity index (χ1) is 12.4. The predicted molar refractivity (Wildman–Crippen MR) is 104 cm³/mol. The minimum atomic E-state index is -3.44. The van der Waals surface area contributed by atoms with Gasteiger partial charge in [-0.15, -0.1) is 0 Å². The number of hydrogen-bond donors (Lipinski definition) is 2. The Labute approximate surface area is 152 Å². The van der Waals surface area contributed by atoms with E-state index < -0.39 is 10.0 Å². The molecule has 7 heteroatoms. The number of sulfonamides is 1. The highest BCUT2D eigenvalue weighted by atomic mass is 32.2. The van der Waals surface area contributed by atoms with E-state index in [1.807, 2.05) is 18.3 Å². The number of nitrogens with one attached hydrogen (secondary N) is 2. The maximum absolute atomic E-state index is 12.4. The molecule has 2 aromatic carbocycles. The summed E-state index contributed by atoms with van der Waals surface area (Å²) in [5.74, 6) is -0.297. The summed E-state index contributed by atoms with van der Waals surface area (Å²) in [4.78, 5) is 12.4. The van der Waals surface area contributed by atoms with E-state index in [0.717, 1.165) is 19.2 Å². The number of amides is 1. The molecule has 0 aliphatic rings. The van der Waals surface area contributed by atoms with Crippen LogP contribution >= 0.6 is 0 Å². The molecule has 1 heterocycles. The Balaban J connectivity index is 1.58. The van der Waals surface area contributed by atoms with Crippen LogP contribution in [0.15, 0.2) is 60.8 Å². The van der Waals surface area contributed by atoms with Crippen LogP contribution in [0.1, 0.15) is 16.8 Å². The molecule has 0 atom stereocenters. The lowest BCUT2D eigenvalue weighted by molar-refractivity contribution is 0.0953. The van der Waals surface area contributed by atoms with Crippen molar-refractivity contribution in [3.8, 4) is 0 Å². The van der Waals surface area contributed by atoms with Crippen LogP contribution in [0.5, 0.6) is 0 Å². The Morgan fingerprint density at radius 2 is 1.77 bits per heavy atom. The molecule has 2 N–H and O–H groups in total. The summed E-state index contributed by atoms with van der Waals surface area (Å²) in [6, 6.07) is 16.8. The fourth-order valence-corrected chi connectivity index (χ4v) is 3.43. The molecule has 6 nitrogen and oxygen atoms in total. The number of nitrogens with zero attached hydrogens (tertiary/aromatic N) is 1. The minimum absolute atomic E-state index is 0.281. The summed E-state index contributed by atoms with van der Waals surface area (Å²) in [7, 11) is -3.44. The van der Waals surface area contributed by atoms with Crippen LogP contribution in [0.4, 0.5) is 5.69 Å². The summed E-state index contributed by atoms with van der Waals surface area (Å²) in [6.07, 6.45) is 3.87. The molecule has 0 radical (unpaired) electrons. The smallest absolute Gasteiger partial charge is 0.253 e. The van der Waals surface area contributed by atoms with Gasteiger partial charge >= 0.3 is 0 Å². The van der Waals surface area contributed by atoms with E-state index >= 15 is 0 Å². The first kappa shape index (κ1) is 18.0. The monoisotopic (exact) mass is 371 g/mol. The van der Waals surface area contributed by atoms with Crippen molar-refractivity contribution in [2.45, 2.75) is 13.0 Å². The average molecular weight is 371 g/mol. The Kier molecular flexibility index (Phi) is 5.27. The standard InChI is InChI=1S/C19H21N3O3S/c1-26(24,25)21-17-9-4-3-8-16(17)19(23)20-12-6-13-22-14-11-15-7-2-5-10-18(15)22/h2-5,7-11,14,21H,6,12-13H2,1H3,(H,20,23). The lowest BCUT2D eigenvalue weighted by Crippen LogP contribution is -2.26. The molecule has 3 aromatic rings. The fourth-order valence-electron chi connectivity index (χ4n) is 2.85. The zero-order valence-electron chi connectivity index (χ0n) is 14.5. The normalized spacial score (nSPS) is 11.4. The van der Waals surface area contributed by atoms with Gasteiger partial charge in [-0.25, -0.2) is 8.42 Å². The molecule has 0 unspecified atom stereocenters. The van der Waals surface area contributed by atoms with Gasteiger partial charge in [0.05, 0.1) is 17.5 Å². The lowest BCUT2D eigenvalue weighted by Gasteiger charge is -2.11. The zero-order valence-corrected chi connectivity index (χ0v) is 15.3. The molecule has 0 spiro atoms. The molecule has 0 aliphatic heterocycles. The van der Waals surface area contributed by atoms with Gasteiger partial charge < -0.3 is 9.88 Å². The number of para-hydroxylation sites is 2. The largest absolute Gasteiger partial charge is 0.352 e. The van der Waals surface area contributed by atoms with Crippen molar-refractivity contribution in [1.82, 2.24) is 9.88 Å². The molecule has 0 fully saturated rings. The predicted octanol–water partition coefficient (Wildman–Crippen LogP) is 2.83. The molecular weight excluding hydrogens is 350 g/mol. The number of aromatic nitrogens is 1. The molecule has 0 bridgehead atoms. The number of fused-ring (bicyclic) bond motifs is 1. The molecule has 26 heavy (non-hydrogen) atoms. The summed E-state index contributed by atoms with van der Waals surface area (Å²) in [5.41, 5.74) is 1.76. The summed E-state index contributed by atoms with van der Waals surface area (Å²) >= 11 is 0. The third-order valence-corrected chi connectivity index (χ3v) is 4.60. The van der Waals surface area contributed by atoms with Crippen molar-refractivity contribution in [3.05, 3.63) is 66.4 Å². The van der Waals surface area contributed by atoms with Gasteiger partial charge in [0.2, 0.25) is 10.0 Å². The number of carbonyl (C=O) groups excluding carboxylic acids is 1. The van der Waals surface area contributed by atoms with E-state index in [4.69, 9.17) is 0 Å². The van der Waals surface area contributed by atoms with Crippen LogP contribution < -0.4 is 10.0 Å². The van der Waals surface area contributed by atoms with Crippen LogP contribution in [0.2, 0.25) is 0 Å². The van der Waals surface area contributed by atoms with E-state index in [-0.39, 0.29) is 11.6 Å². The van der Waals surface area contributed by atoms with Gasteiger partial charge in [-0.3, -0.25) is 9.52 Å². The number of rotatable bonds is 7. The van der Waals surface area contributed by atoms with Crippen molar-refractivity contribution in [2.75, 3.05) is 17.5 Å². The zero-order chi connectivity index (χ0) is 18.6. The second kappa shape index (κ2) is 7.61. The average Bonchev–Trinajstić information content (AvgIpc) is 3.01. The van der Waals surface area contributed by atoms with Gasteiger partial charge in [-0.2, -0.15) is 0 Å². The van der Waals surface area contributed by atoms with Crippen molar-refractivity contribution in [3.63, 3.8) is 0 Å². The molecule has 0 saturated carbocycles. The second-order valence-electron chi connectivity index (χ2n) is 6.10. The van der Waals surface area contributed by atoms with Crippen LogP contribution in [-0.4, -0.2) is 31.7 Å². The van der Waals surface area contributed by atoms with E-state index in [1.165, 1.54) is 10.9 Å². The van der Waals surface area contributed by atoms with E-state index in [9.17, 15) is 13.2 Å². The summed E-state index contributed by atoms with van der Waals surface area (Å²) in [6.45, 7) is 1.29. The minimum Gasteiger partial charge on any atom is -0.352 e. The van der Waals surface area contributed by atoms with E-state index in [0.29, 0.717) is 12.1 Å². The molecule has 0 saturated heterocycles. The van der Waals surface area contributed by atoms with Gasteiger partial charge in [0.15, 0.2) is 0 Å². The van der Waals surface area contributed by atoms with Crippen LogP contribution in [-0.2, 0) is 16.6 Å². The van der Waals surface area contributed by atoms with Crippen molar-refractivity contribution in [1.29, 1.82) is 0 Å². The van der Waals surface area contributed by atoms with Crippen LogP contribution in [0.3, 0.4) is 0 Å². The van der Waals surface area contributed by atoms with Gasteiger partial charge in [-0.05, 0) is 36.1 Å². The number of carbonyl (C=O) groups is 1. The first-order valence-corrected chi connectivity index (χ1v) is 10.2. The molecule has 136 valence electrons. The number of aryl methyl sites for hydroxylation is 1. The number of anilines is 1. The van der Waals surface area contributed by atoms with Gasteiger partial charge in [0.25, 0.3) is 5.91 Å². The first-order valence-electron chi connectivity index (χ1n) is 8.33. The summed E-state index contributed by atoms with van der Waals surface area (Å²) < 4.78 is 27.4. The summed E-state index contributed by atoms with van der Waals surface area (Å²) in [5, 5.41) is 4.04. The van der Waals surface area contributed by atoms with Gasteiger partial charge in [0, 0.05) is 24.8 Å². The van der Waals surface area contributed by atoms with E-state index in [1.54, 1.807) is 24.3 Å². The Bertz CT molecular complexity index is 1030. The number of benzene rings is 2. The number of hydrogen-bond acceptors (Lipinski definition) is 3. The quantitative estimate of drug-likeness (QED) is 0.627. The van der Waals surface area contributed by atoms with Crippen LogP contribution in [0.25, 0.3) is 10.9 Å². The molecular formula is C19H21N3O3S. The lowest BCUT2D eigenvalue weighted by atomic mass is 10.1. The van der Waals surface area contributed by atoms with Gasteiger partial charge in [-0.1, -0.05) is 30.3 Å². The maximum Gasteiger partial charge on any atom is 0.253 e. The third-order valence-electron chi connectivity index (χ3n) is 4.01. The molecule has 1 amide bonds. The maximum atomic E-state index is 12.4. The highest BCUT2D eigenvalue weighted by molar-refractivity contribution is 7.92. The third kappa shape index (κ3) is 4.43. The van der Waals surface area contributed by atoms with Crippen LogP contribution in [0, 0.1) is 0 Å². The van der Waals surface area contributed by atoms with E-state index in [2.05, 4.69) is 32.8 Å². The Morgan fingerprint density at radius 3 is 2.58 bits per heavy atom. The molecule has 1 aromatic heterocycles. The van der Waals surface area contributed by atoms with Crippen molar-refractivity contribution < 1.29 is 13.2 Å². The Morgan fingerprint density at radius 1 is 1.04 bits per heavy atom.